The molecule has 0 aromatic heterocycles. The van der Waals surface area contributed by atoms with Crippen molar-refractivity contribution in [1.82, 2.24) is 0 Å². The summed E-state index contributed by atoms with van der Waals surface area (Å²) >= 11 is 0. The van der Waals surface area contributed by atoms with E-state index >= 15 is 0 Å². The Morgan fingerprint density at radius 2 is 2.00 bits per heavy atom. The Hall–Kier alpha value is -0.700. The molecule has 3 nitrogen and oxygen atoms in total. The minimum atomic E-state index is 0.671. The smallest absolute Gasteiger partial charge is 0.321 e. The van der Waals surface area contributed by atoms with Gasteiger partial charge in [0.1, 0.15) is 0 Å². The third-order valence-electron chi connectivity index (χ3n) is 1.49. The van der Waals surface area contributed by atoms with Crippen LogP contribution in [0.15, 0.2) is 12.2 Å². The zero-order valence-corrected chi connectivity index (χ0v) is 7.54. The van der Waals surface area contributed by atoms with E-state index in [2.05, 4.69) is 6.92 Å². The van der Waals surface area contributed by atoms with Crippen molar-refractivity contribution in [2.75, 3.05) is 19.8 Å². The highest BCUT2D eigenvalue weighted by Crippen LogP contribution is 2.14. The average Bonchev–Trinajstić information content (AvgIpc) is 2.87. The first-order chi connectivity index (χ1) is 5.93. The average molecular weight is 172 g/mol. The lowest BCUT2D eigenvalue weighted by molar-refractivity contribution is 0.113. The first-order valence-corrected chi connectivity index (χ1v) is 4.51. The number of unbranched alkanes of at least 4 members (excludes halogenated alkanes) is 1. The topological polar surface area (TPSA) is 31.0 Å². The molecule has 1 aliphatic heterocycles. The van der Waals surface area contributed by atoms with Crippen LogP contribution in [0, 0.1) is 0 Å². The maximum Gasteiger partial charge on any atom is 0.321 e. The van der Waals surface area contributed by atoms with Crippen LogP contribution >= 0.6 is 0 Å². The molecule has 3 heteroatoms. The van der Waals surface area contributed by atoms with Crippen LogP contribution in [-0.2, 0) is 14.2 Å². The normalized spacial score (nSPS) is 13.6. The van der Waals surface area contributed by atoms with Gasteiger partial charge in [-0.1, -0.05) is 6.92 Å². The van der Waals surface area contributed by atoms with Gasteiger partial charge in [0, 0.05) is 13.2 Å². The van der Waals surface area contributed by atoms with Gasteiger partial charge in [-0.3, -0.25) is 0 Å². The van der Waals surface area contributed by atoms with Crippen LogP contribution in [0.25, 0.3) is 0 Å². The SMILES string of the molecule is CCCOCCCCOC1=CO1. The standard InChI is InChI=1S/C9H16O3/c1-2-5-10-6-3-4-7-11-9-8-12-9/h8H,2-7H2,1H3. The largest absolute Gasteiger partial charge is 0.463 e. The number of rotatable bonds is 8. The van der Waals surface area contributed by atoms with Gasteiger partial charge in [0.2, 0.25) is 0 Å². The van der Waals surface area contributed by atoms with Crippen LogP contribution in [0.5, 0.6) is 0 Å². The zero-order chi connectivity index (χ0) is 8.65. The fourth-order valence-electron chi connectivity index (χ4n) is 0.817. The number of hydrogen-bond acceptors (Lipinski definition) is 3. The molecule has 0 radical (unpaired) electrons. The van der Waals surface area contributed by atoms with Gasteiger partial charge in [-0.05, 0) is 19.3 Å². The molecule has 0 bridgehead atoms. The molecule has 12 heavy (non-hydrogen) atoms. The molecule has 0 unspecified atom stereocenters. The van der Waals surface area contributed by atoms with Crippen molar-refractivity contribution in [3.63, 3.8) is 0 Å². The predicted molar refractivity (Wildman–Crippen MR) is 45.5 cm³/mol. The molecule has 0 atom stereocenters. The molecule has 0 aromatic rings. The van der Waals surface area contributed by atoms with Gasteiger partial charge in [-0.2, -0.15) is 0 Å². The van der Waals surface area contributed by atoms with Crippen molar-refractivity contribution < 1.29 is 14.2 Å². The highest BCUT2D eigenvalue weighted by molar-refractivity contribution is 4.91. The van der Waals surface area contributed by atoms with Gasteiger partial charge < -0.3 is 14.2 Å². The molecule has 0 aromatic carbocycles. The van der Waals surface area contributed by atoms with Crippen LogP contribution in [-0.4, -0.2) is 19.8 Å². The number of ether oxygens (including phenoxy) is 3. The summed E-state index contributed by atoms with van der Waals surface area (Å²) in [6, 6.07) is 0. The molecule has 0 aliphatic carbocycles. The highest BCUT2D eigenvalue weighted by Gasteiger charge is 2.09. The van der Waals surface area contributed by atoms with Gasteiger partial charge in [-0.25, -0.2) is 0 Å². The lowest BCUT2D eigenvalue weighted by Crippen LogP contribution is -1.98. The highest BCUT2D eigenvalue weighted by atomic mass is 16.7. The van der Waals surface area contributed by atoms with Gasteiger partial charge in [-0.15, -0.1) is 0 Å². The van der Waals surface area contributed by atoms with E-state index in [1.54, 1.807) is 6.26 Å². The summed E-state index contributed by atoms with van der Waals surface area (Å²) in [6.07, 6.45) is 4.79. The van der Waals surface area contributed by atoms with E-state index in [0.29, 0.717) is 5.95 Å². The predicted octanol–water partition coefficient (Wildman–Crippen LogP) is 2.04. The van der Waals surface area contributed by atoms with E-state index in [9.17, 15) is 0 Å². The molecule has 0 amide bonds. The third-order valence-corrected chi connectivity index (χ3v) is 1.49. The molecule has 0 saturated heterocycles. The Kier molecular flexibility index (Phi) is 4.61. The van der Waals surface area contributed by atoms with Crippen LogP contribution in [0.4, 0.5) is 0 Å². The third kappa shape index (κ3) is 5.02. The summed E-state index contributed by atoms with van der Waals surface area (Å²) in [7, 11) is 0. The quantitative estimate of drug-likeness (QED) is 0.525. The van der Waals surface area contributed by atoms with Crippen molar-refractivity contribution in [3.8, 4) is 0 Å². The van der Waals surface area contributed by atoms with Crippen LogP contribution in [0.1, 0.15) is 26.2 Å². The summed E-state index contributed by atoms with van der Waals surface area (Å²) < 4.78 is 15.1. The van der Waals surface area contributed by atoms with Crippen LogP contribution < -0.4 is 0 Å². The van der Waals surface area contributed by atoms with E-state index in [4.69, 9.17) is 14.2 Å². The molecule has 0 saturated carbocycles. The fourth-order valence-corrected chi connectivity index (χ4v) is 0.817. The Balaban J connectivity index is 1.67. The molecule has 1 heterocycles. The molecule has 0 N–H and O–H groups in total. The molecule has 0 spiro atoms. The molecular weight excluding hydrogens is 156 g/mol. The minimum Gasteiger partial charge on any atom is -0.463 e. The van der Waals surface area contributed by atoms with Gasteiger partial charge in [0.15, 0.2) is 6.26 Å². The van der Waals surface area contributed by atoms with Crippen LogP contribution in [0.3, 0.4) is 0 Å². The van der Waals surface area contributed by atoms with Crippen molar-refractivity contribution in [2.45, 2.75) is 26.2 Å². The van der Waals surface area contributed by atoms with Gasteiger partial charge in [0.05, 0.1) is 6.61 Å². The van der Waals surface area contributed by atoms with E-state index < -0.39 is 0 Å². The van der Waals surface area contributed by atoms with Crippen molar-refractivity contribution >= 4 is 0 Å². The first kappa shape index (κ1) is 9.39. The lowest BCUT2D eigenvalue weighted by Gasteiger charge is -2.01. The summed E-state index contributed by atoms with van der Waals surface area (Å²) in [6.45, 7) is 4.56. The van der Waals surface area contributed by atoms with Gasteiger partial charge >= 0.3 is 5.95 Å². The van der Waals surface area contributed by atoms with Crippen LogP contribution in [0.2, 0.25) is 0 Å². The molecule has 1 rings (SSSR count). The maximum atomic E-state index is 5.30. The molecule has 1 aliphatic rings. The Morgan fingerprint density at radius 1 is 1.25 bits per heavy atom. The Labute approximate surface area is 73.3 Å². The minimum absolute atomic E-state index is 0.671. The molecule has 70 valence electrons. The van der Waals surface area contributed by atoms with Gasteiger partial charge in [0.25, 0.3) is 0 Å². The maximum absolute atomic E-state index is 5.30. The lowest BCUT2D eigenvalue weighted by atomic mass is 10.3. The second-order valence-corrected chi connectivity index (χ2v) is 2.72. The van der Waals surface area contributed by atoms with E-state index in [0.717, 1.165) is 39.1 Å². The van der Waals surface area contributed by atoms with Crippen molar-refractivity contribution in [3.05, 3.63) is 12.2 Å². The van der Waals surface area contributed by atoms with Crippen molar-refractivity contribution in [1.29, 1.82) is 0 Å². The second kappa shape index (κ2) is 5.89. The fraction of sp³-hybridized carbons (Fsp3) is 0.778. The van der Waals surface area contributed by atoms with Crippen molar-refractivity contribution in [2.24, 2.45) is 0 Å². The summed E-state index contributed by atoms with van der Waals surface area (Å²) in [5, 5.41) is 0. The molecule has 0 fully saturated rings. The molecular formula is C9H16O3. The number of hydrogen-bond donors (Lipinski definition) is 0. The summed E-state index contributed by atoms with van der Waals surface area (Å²) in [5.41, 5.74) is 0. The van der Waals surface area contributed by atoms with E-state index in [1.165, 1.54) is 0 Å². The Morgan fingerprint density at radius 3 is 2.67 bits per heavy atom. The second-order valence-electron chi connectivity index (χ2n) is 2.72. The zero-order valence-electron chi connectivity index (χ0n) is 7.54. The summed E-state index contributed by atoms with van der Waals surface area (Å²) in [5.74, 6) is 0.671. The first-order valence-electron chi connectivity index (χ1n) is 4.51. The monoisotopic (exact) mass is 172 g/mol. The van der Waals surface area contributed by atoms with E-state index in [-0.39, 0.29) is 0 Å². The Bertz CT molecular complexity index is 143. The van der Waals surface area contributed by atoms with E-state index in [1.807, 2.05) is 0 Å². The summed E-state index contributed by atoms with van der Waals surface area (Å²) in [4.78, 5) is 0.